The normalized spacial score (nSPS) is 21.9. The van der Waals surface area contributed by atoms with Crippen molar-refractivity contribution in [3.8, 4) is 11.5 Å². The summed E-state index contributed by atoms with van der Waals surface area (Å²) in [6.07, 6.45) is 0.779. The molecule has 0 saturated heterocycles. The molecule has 0 aromatic heterocycles. The van der Waals surface area contributed by atoms with Gasteiger partial charge in [-0.05, 0) is 48.4 Å². The Hall–Kier alpha value is -4.58. The van der Waals surface area contributed by atoms with E-state index in [-0.39, 0.29) is 0 Å². The molecule has 0 radical (unpaired) electrons. The van der Waals surface area contributed by atoms with E-state index in [0.29, 0.717) is 33.8 Å². The van der Waals surface area contributed by atoms with Gasteiger partial charge in [-0.15, -0.1) is 0 Å². The van der Waals surface area contributed by atoms with Crippen molar-refractivity contribution in [2.24, 2.45) is 0 Å². The number of hydrogen-bond donors (Lipinski definition) is 0. The summed E-state index contributed by atoms with van der Waals surface area (Å²) in [7, 11) is 3.20. The Morgan fingerprint density at radius 1 is 0.605 bits per heavy atom. The highest BCUT2D eigenvalue weighted by Gasteiger charge is 2.62. The summed E-state index contributed by atoms with van der Waals surface area (Å²) in [5.41, 5.74) is 3.94. The number of esters is 2. The fourth-order valence-electron chi connectivity index (χ4n) is 6.33. The molecule has 2 spiro atoms. The van der Waals surface area contributed by atoms with Crippen LogP contribution in [-0.2, 0) is 27.1 Å². The first-order valence-corrected chi connectivity index (χ1v) is 12.6. The zero-order valence-electron chi connectivity index (χ0n) is 21.2. The zero-order chi connectivity index (χ0) is 26.2. The van der Waals surface area contributed by atoms with Crippen LogP contribution in [0.3, 0.4) is 0 Å². The third-order valence-corrected chi connectivity index (χ3v) is 8.08. The molecule has 2 unspecified atom stereocenters. The molecule has 6 heteroatoms. The molecule has 0 N–H and O–H groups in total. The van der Waals surface area contributed by atoms with Crippen molar-refractivity contribution in [1.82, 2.24) is 0 Å². The Morgan fingerprint density at radius 2 is 1.11 bits per heavy atom. The van der Waals surface area contributed by atoms with Gasteiger partial charge >= 0.3 is 11.9 Å². The first kappa shape index (κ1) is 22.6. The average molecular weight is 505 g/mol. The van der Waals surface area contributed by atoms with Gasteiger partial charge in [0.15, 0.2) is 11.2 Å². The molecule has 6 nitrogen and oxygen atoms in total. The lowest BCUT2D eigenvalue weighted by molar-refractivity contribution is 0.00733. The third kappa shape index (κ3) is 2.62. The summed E-state index contributed by atoms with van der Waals surface area (Å²) in [5.74, 6) is 0.416. The molecule has 4 aromatic carbocycles. The van der Waals surface area contributed by atoms with E-state index in [1.165, 1.54) is 0 Å². The minimum atomic E-state index is -1.24. The molecule has 0 amide bonds. The quantitative estimate of drug-likeness (QED) is 0.343. The highest BCUT2D eigenvalue weighted by molar-refractivity contribution is 5.99. The van der Waals surface area contributed by atoms with E-state index in [1.807, 2.05) is 48.5 Å². The van der Waals surface area contributed by atoms with Crippen molar-refractivity contribution >= 4 is 11.9 Å². The van der Waals surface area contributed by atoms with Gasteiger partial charge in [0, 0.05) is 33.4 Å². The molecule has 2 atom stereocenters. The standard InChI is InChI=1S/C32H24O6/c1-4-18-9-14-25-28(15-18)32(27-17-20(36-3)11-13-22(27)30(34)38-32)24-8-6-5-7-23(24)31(25)26-16-19(35-2)10-12-21(26)29(33)37-31/h5-17H,4H2,1-3H3. The SMILES string of the molecule is CCc1ccc2c(c1)C1(OC(=O)c3ccc(OC)cc31)c1ccccc1C21OC(=O)c2ccc(OC)cc21. The molecule has 38 heavy (non-hydrogen) atoms. The van der Waals surface area contributed by atoms with Gasteiger partial charge in [0.1, 0.15) is 11.5 Å². The maximum atomic E-state index is 13.4. The van der Waals surface area contributed by atoms with Crippen molar-refractivity contribution in [3.63, 3.8) is 0 Å². The van der Waals surface area contributed by atoms with Crippen molar-refractivity contribution in [2.75, 3.05) is 14.2 Å². The van der Waals surface area contributed by atoms with Gasteiger partial charge in [0.2, 0.25) is 0 Å². The number of carbonyl (C=O) groups excluding carboxylic acids is 2. The average Bonchev–Trinajstić information content (AvgIpc) is 3.43. The summed E-state index contributed by atoms with van der Waals surface area (Å²) in [6, 6.07) is 24.6. The minimum Gasteiger partial charge on any atom is -0.497 e. The van der Waals surface area contributed by atoms with E-state index in [1.54, 1.807) is 38.5 Å². The number of benzene rings is 4. The second-order valence-electron chi connectivity index (χ2n) is 9.74. The number of ether oxygens (including phenoxy) is 4. The fraction of sp³-hybridized carbons (Fsp3) is 0.188. The lowest BCUT2D eigenvalue weighted by atomic mass is 9.63. The first-order valence-electron chi connectivity index (χ1n) is 12.6. The van der Waals surface area contributed by atoms with Gasteiger partial charge in [-0.2, -0.15) is 0 Å². The first-order chi connectivity index (χ1) is 18.5. The predicted octanol–water partition coefficient (Wildman–Crippen LogP) is 5.50. The Bertz CT molecular complexity index is 1690. The molecule has 3 aliphatic rings. The molecule has 4 aromatic rings. The van der Waals surface area contributed by atoms with Crippen LogP contribution < -0.4 is 9.47 Å². The van der Waals surface area contributed by atoms with Crippen LogP contribution in [0.15, 0.2) is 78.9 Å². The molecule has 0 fully saturated rings. The monoisotopic (exact) mass is 504 g/mol. The van der Waals surface area contributed by atoms with Crippen molar-refractivity contribution < 1.29 is 28.5 Å². The Balaban J connectivity index is 1.65. The Kier molecular flexibility index (Phi) is 4.59. The minimum absolute atomic E-state index is 0.410. The van der Waals surface area contributed by atoms with E-state index in [2.05, 4.69) is 13.0 Å². The molecule has 0 bridgehead atoms. The second kappa shape index (κ2) is 7.71. The predicted molar refractivity (Wildman–Crippen MR) is 139 cm³/mol. The van der Waals surface area contributed by atoms with Gasteiger partial charge in [0.25, 0.3) is 0 Å². The van der Waals surface area contributed by atoms with Crippen LogP contribution in [0.4, 0.5) is 0 Å². The van der Waals surface area contributed by atoms with Gasteiger partial charge in [0.05, 0.1) is 25.3 Å². The number of carbonyl (C=O) groups is 2. The summed E-state index contributed by atoms with van der Waals surface area (Å²) >= 11 is 0. The molecular formula is C32H24O6. The number of aryl methyl sites for hydroxylation is 1. The smallest absolute Gasteiger partial charge is 0.340 e. The van der Waals surface area contributed by atoms with Crippen molar-refractivity contribution in [3.05, 3.63) is 129 Å². The molecule has 0 saturated carbocycles. The van der Waals surface area contributed by atoms with Gasteiger partial charge < -0.3 is 18.9 Å². The summed E-state index contributed by atoms with van der Waals surface area (Å²) in [5, 5.41) is 0. The fourth-order valence-corrected chi connectivity index (χ4v) is 6.33. The van der Waals surface area contributed by atoms with Crippen LogP contribution in [0.2, 0.25) is 0 Å². The number of rotatable bonds is 3. The number of methoxy groups -OCH3 is 2. The molecule has 2 heterocycles. The summed E-state index contributed by atoms with van der Waals surface area (Å²) in [6.45, 7) is 2.08. The van der Waals surface area contributed by atoms with E-state index in [4.69, 9.17) is 18.9 Å². The van der Waals surface area contributed by atoms with Crippen molar-refractivity contribution in [1.29, 1.82) is 0 Å². The van der Waals surface area contributed by atoms with Crippen LogP contribution >= 0.6 is 0 Å². The van der Waals surface area contributed by atoms with Crippen LogP contribution in [0.1, 0.15) is 66.6 Å². The van der Waals surface area contributed by atoms with E-state index < -0.39 is 23.1 Å². The Morgan fingerprint density at radius 3 is 1.61 bits per heavy atom. The highest BCUT2D eigenvalue weighted by Crippen LogP contribution is 2.61. The van der Waals surface area contributed by atoms with Crippen LogP contribution in [-0.4, -0.2) is 26.2 Å². The maximum absolute atomic E-state index is 13.4. The topological polar surface area (TPSA) is 71.1 Å². The van der Waals surface area contributed by atoms with Crippen LogP contribution in [0.5, 0.6) is 11.5 Å². The third-order valence-electron chi connectivity index (χ3n) is 8.08. The van der Waals surface area contributed by atoms with E-state index in [9.17, 15) is 9.59 Å². The van der Waals surface area contributed by atoms with Crippen molar-refractivity contribution in [2.45, 2.75) is 24.5 Å². The molecule has 2 aliphatic heterocycles. The largest absolute Gasteiger partial charge is 0.497 e. The van der Waals surface area contributed by atoms with Crippen LogP contribution in [0, 0.1) is 0 Å². The summed E-state index contributed by atoms with van der Waals surface area (Å²) < 4.78 is 23.9. The van der Waals surface area contributed by atoms with E-state index in [0.717, 1.165) is 34.2 Å². The second-order valence-corrected chi connectivity index (χ2v) is 9.74. The number of hydrogen-bond acceptors (Lipinski definition) is 6. The van der Waals surface area contributed by atoms with E-state index >= 15 is 0 Å². The zero-order valence-corrected chi connectivity index (χ0v) is 21.2. The van der Waals surface area contributed by atoms with Gasteiger partial charge in [-0.3, -0.25) is 0 Å². The molecule has 188 valence electrons. The maximum Gasteiger partial charge on any atom is 0.340 e. The van der Waals surface area contributed by atoms with Gasteiger partial charge in [-0.25, -0.2) is 9.59 Å². The number of fused-ring (bicyclic) bond motifs is 10. The molecule has 1 aliphatic carbocycles. The Labute approximate surface area is 219 Å². The van der Waals surface area contributed by atoms with Gasteiger partial charge in [-0.1, -0.05) is 49.4 Å². The molecular weight excluding hydrogens is 480 g/mol. The molecule has 7 rings (SSSR count). The van der Waals surface area contributed by atoms with Crippen LogP contribution in [0.25, 0.3) is 0 Å². The lowest BCUT2D eigenvalue weighted by Gasteiger charge is -2.45. The highest BCUT2D eigenvalue weighted by atomic mass is 16.6. The lowest BCUT2D eigenvalue weighted by Crippen LogP contribution is -2.44. The summed E-state index contributed by atoms with van der Waals surface area (Å²) in [4.78, 5) is 26.8.